The summed E-state index contributed by atoms with van der Waals surface area (Å²) in [7, 11) is 0. The second-order valence-electron chi connectivity index (χ2n) is 6.61. The highest BCUT2D eigenvalue weighted by Crippen LogP contribution is 2.22. The lowest BCUT2D eigenvalue weighted by Crippen LogP contribution is -2.00. The Morgan fingerprint density at radius 2 is 1.81 bits per heavy atom. The summed E-state index contributed by atoms with van der Waals surface area (Å²) < 4.78 is 2.19. The van der Waals surface area contributed by atoms with Crippen molar-refractivity contribution >= 4 is 16.9 Å². The largest absolute Gasteiger partial charge is 0.478 e. The maximum atomic E-state index is 11.2. The summed E-state index contributed by atoms with van der Waals surface area (Å²) in [5, 5.41) is 10.2. The fourth-order valence-electron chi connectivity index (χ4n) is 3.13. The van der Waals surface area contributed by atoms with Crippen molar-refractivity contribution in [3.05, 3.63) is 83.8 Å². The minimum atomic E-state index is -0.970. The molecule has 0 saturated heterocycles. The number of rotatable bonds is 5. The molecule has 3 aromatic heterocycles. The number of aromatic nitrogens is 3. The number of carboxylic acids is 1. The van der Waals surface area contributed by atoms with Crippen LogP contribution < -0.4 is 0 Å². The zero-order chi connectivity index (χ0) is 18.8. The van der Waals surface area contributed by atoms with Crippen molar-refractivity contribution < 1.29 is 9.90 Å². The van der Waals surface area contributed by atoms with Crippen molar-refractivity contribution in [2.24, 2.45) is 0 Å². The van der Waals surface area contributed by atoms with Crippen LogP contribution in [0.15, 0.2) is 67.1 Å². The van der Waals surface area contributed by atoms with Crippen molar-refractivity contribution in [1.82, 2.24) is 14.5 Å². The first-order chi connectivity index (χ1) is 13.1. The minimum Gasteiger partial charge on any atom is -0.478 e. The van der Waals surface area contributed by atoms with Gasteiger partial charge in [0.2, 0.25) is 0 Å². The van der Waals surface area contributed by atoms with E-state index in [0.29, 0.717) is 11.4 Å². The quantitative estimate of drug-likeness (QED) is 0.577. The van der Waals surface area contributed by atoms with Crippen LogP contribution in [0.3, 0.4) is 0 Å². The maximum Gasteiger partial charge on any atom is 0.335 e. The van der Waals surface area contributed by atoms with E-state index in [1.165, 1.54) is 23.4 Å². The van der Waals surface area contributed by atoms with E-state index >= 15 is 0 Å². The van der Waals surface area contributed by atoms with Gasteiger partial charge in [-0.05, 0) is 43.2 Å². The molecule has 0 aliphatic heterocycles. The smallest absolute Gasteiger partial charge is 0.335 e. The van der Waals surface area contributed by atoms with Crippen LogP contribution in [0.1, 0.15) is 21.5 Å². The third-order valence-electron chi connectivity index (χ3n) is 4.69. The third-order valence-corrected chi connectivity index (χ3v) is 4.69. The number of hydrogen-bond donors (Lipinski definition) is 1. The third kappa shape index (κ3) is 3.58. The van der Waals surface area contributed by atoms with Crippen LogP contribution in [0, 0.1) is 6.92 Å². The monoisotopic (exact) mass is 357 g/mol. The molecule has 0 spiro atoms. The molecular formula is C22H19N3O2. The molecule has 0 fully saturated rings. The van der Waals surface area contributed by atoms with Gasteiger partial charge in [-0.25, -0.2) is 4.79 Å². The fourth-order valence-corrected chi connectivity index (χ4v) is 3.13. The second-order valence-corrected chi connectivity index (χ2v) is 6.61. The number of benzene rings is 1. The van der Waals surface area contributed by atoms with Gasteiger partial charge in [0.1, 0.15) is 0 Å². The molecule has 4 rings (SSSR count). The topological polar surface area (TPSA) is 68.0 Å². The molecular weight excluding hydrogens is 338 g/mol. The Morgan fingerprint density at radius 1 is 1.04 bits per heavy atom. The number of carbonyl (C=O) groups is 1. The summed E-state index contributed by atoms with van der Waals surface area (Å²) in [5.41, 5.74) is 5.06. The van der Waals surface area contributed by atoms with E-state index in [0.717, 1.165) is 23.9 Å². The second kappa shape index (κ2) is 7.03. The van der Waals surface area contributed by atoms with E-state index in [2.05, 4.69) is 58.0 Å². The van der Waals surface area contributed by atoms with Gasteiger partial charge in [0.05, 0.1) is 28.7 Å². The van der Waals surface area contributed by atoms with E-state index in [1.807, 2.05) is 12.3 Å². The first kappa shape index (κ1) is 17.0. The van der Waals surface area contributed by atoms with Crippen LogP contribution in [0.5, 0.6) is 0 Å². The molecule has 1 aromatic carbocycles. The van der Waals surface area contributed by atoms with Crippen LogP contribution in [0.2, 0.25) is 0 Å². The normalized spacial score (nSPS) is 11.0. The lowest BCUT2D eigenvalue weighted by Gasteiger charge is -2.07. The lowest BCUT2D eigenvalue weighted by molar-refractivity contribution is 0.0697. The number of nitrogens with zero attached hydrogens (tertiary/aromatic N) is 3. The standard InChI is InChI=1S/C22H19N3O2/c1-15-2-4-16(5-3-15)7-10-25-11-8-17-12-20(24-14-21(17)25)19-13-18(22(26)27)6-9-23-19/h2-6,8-9,11-14H,7,10H2,1H3,(H,26,27). The van der Waals surface area contributed by atoms with Crippen LogP contribution in [-0.4, -0.2) is 25.6 Å². The highest BCUT2D eigenvalue weighted by molar-refractivity contribution is 5.89. The number of aromatic carboxylic acids is 1. The predicted octanol–water partition coefficient (Wildman–Crippen LogP) is 4.35. The van der Waals surface area contributed by atoms with Gasteiger partial charge < -0.3 is 9.67 Å². The number of hydrogen-bond acceptors (Lipinski definition) is 3. The Kier molecular flexibility index (Phi) is 4.42. The Balaban J connectivity index is 1.59. The van der Waals surface area contributed by atoms with Crippen molar-refractivity contribution in [2.75, 3.05) is 0 Å². The Hall–Kier alpha value is -3.47. The summed E-state index contributed by atoms with van der Waals surface area (Å²) in [4.78, 5) is 19.9. The van der Waals surface area contributed by atoms with E-state index in [4.69, 9.17) is 5.11 Å². The average molecular weight is 357 g/mol. The van der Waals surface area contributed by atoms with Gasteiger partial charge in [0, 0.05) is 24.3 Å². The van der Waals surface area contributed by atoms with Gasteiger partial charge in [0.25, 0.3) is 0 Å². The molecule has 134 valence electrons. The first-order valence-corrected chi connectivity index (χ1v) is 8.80. The molecule has 0 bridgehead atoms. The summed E-state index contributed by atoms with van der Waals surface area (Å²) in [6.07, 6.45) is 6.34. The molecule has 1 N–H and O–H groups in total. The van der Waals surface area contributed by atoms with Crippen molar-refractivity contribution in [3.63, 3.8) is 0 Å². The van der Waals surface area contributed by atoms with Gasteiger partial charge in [0.15, 0.2) is 0 Å². The highest BCUT2D eigenvalue weighted by Gasteiger charge is 2.09. The molecule has 5 nitrogen and oxygen atoms in total. The average Bonchev–Trinajstić information content (AvgIpc) is 3.10. The van der Waals surface area contributed by atoms with Gasteiger partial charge in [-0.1, -0.05) is 29.8 Å². The summed E-state index contributed by atoms with van der Waals surface area (Å²) in [6.45, 7) is 2.97. The molecule has 0 aliphatic rings. The zero-order valence-electron chi connectivity index (χ0n) is 15.0. The zero-order valence-corrected chi connectivity index (χ0v) is 15.0. The van der Waals surface area contributed by atoms with Crippen molar-refractivity contribution in [2.45, 2.75) is 19.9 Å². The van der Waals surface area contributed by atoms with Crippen LogP contribution >= 0.6 is 0 Å². The number of fused-ring (bicyclic) bond motifs is 1. The molecule has 0 aliphatic carbocycles. The molecule has 3 heterocycles. The molecule has 27 heavy (non-hydrogen) atoms. The van der Waals surface area contributed by atoms with Crippen LogP contribution in [0.25, 0.3) is 22.3 Å². The van der Waals surface area contributed by atoms with Crippen molar-refractivity contribution in [3.8, 4) is 11.4 Å². The van der Waals surface area contributed by atoms with Crippen LogP contribution in [-0.2, 0) is 13.0 Å². The van der Waals surface area contributed by atoms with Gasteiger partial charge >= 0.3 is 5.97 Å². The van der Waals surface area contributed by atoms with Gasteiger partial charge in [-0.15, -0.1) is 0 Å². The van der Waals surface area contributed by atoms with E-state index in [1.54, 1.807) is 6.07 Å². The molecule has 5 heteroatoms. The molecule has 0 unspecified atom stereocenters. The summed E-state index contributed by atoms with van der Waals surface area (Å²) >= 11 is 0. The Bertz CT molecular complexity index is 1110. The van der Waals surface area contributed by atoms with E-state index in [9.17, 15) is 4.79 Å². The highest BCUT2D eigenvalue weighted by atomic mass is 16.4. The first-order valence-electron chi connectivity index (χ1n) is 8.80. The molecule has 4 aromatic rings. The number of aryl methyl sites for hydroxylation is 3. The number of carboxylic acid groups (broad SMARTS) is 1. The van der Waals surface area contributed by atoms with Gasteiger partial charge in [-0.2, -0.15) is 0 Å². The van der Waals surface area contributed by atoms with Crippen LogP contribution in [0.4, 0.5) is 0 Å². The van der Waals surface area contributed by atoms with E-state index < -0.39 is 5.97 Å². The molecule has 0 amide bonds. The Labute approximate surface area is 157 Å². The number of pyridine rings is 2. The predicted molar refractivity (Wildman–Crippen MR) is 105 cm³/mol. The maximum absolute atomic E-state index is 11.2. The van der Waals surface area contributed by atoms with Gasteiger partial charge in [-0.3, -0.25) is 9.97 Å². The van der Waals surface area contributed by atoms with E-state index in [-0.39, 0.29) is 5.56 Å². The lowest BCUT2D eigenvalue weighted by atomic mass is 10.1. The fraction of sp³-hybridized carbons (Fsp3) is 0.136. The molecule has 0 atom stereocenters. The molecule has 0 radical (unpaired) electrons. The summed E-state index contributed by atoms with van der Waals surface area (Å²) in [6, 6.07) is 15.6. The summed E-state index contributed by atoms with van der Waals surface area (Å²) in [5.74, 6) is -0.970. The Morgan fingerprint density at radius 3 is 2.59 bits per heavy atom. The SMILES string of the molecule is Cc1ccc(CCn2ccc3cc(-c4cc(C(=O)O)ccn4)ncc32)cc1. The van der Waals surface area contributed by atoms with Crippen molar-refractivity contribution in [1.29, 1.82) is 0 Å². The molecule has 0 saturated carbocycles. The minimum absolute atomic E-state index is 0.206.